The van der Waals surface area contributed by atoms with Gasteiger partial charge in [-0.1, -0.05) is 141 Å². The maximum absolute atomic E-state index is 6.38. The van der Waals surface area contributed by atoms with Gasteiger partial charge in [0, 0.05) is 32.2 Å². The second-order valence-electron chi connectivity index (χ2n) is 14.2. The molecule has 1 aliphatic heterocycles. The zero-order valence-corrected chi connectivity index (χ0v) is 31.3. The van der Waals surface area contributed by atoms with Gasteiger partial charge in [-0.05, 0) is 122 Å². The minimum Gasteiger partial charge on any atom is -0.461 e. The second-order valence-corrected chi connectivity index (χ2v) is 15.2. The predicted octanol–water partition coefficient (Wildman–Crippen LogP) is 15.0. The van der Waals surface area contributed by atoms with Crippen molar-refractivity contribution < 1.29 is 4.74 Å². The molecule has 260 valence electrons. The summed E-state index contributed by atoms with van der Waals surface area (Å²) in [5.74, 6) is 1.89. The van der Waals surface area contributed by atoms with E-state index in [1.807, 2.05) is 11.3 Å². The van der Waals surface area contributed by atoms with Crippen LogP contribution >= 0.6 is 11.3 Å². The average molecular weight is 713 g/mol. The summed E-state index contributed by atoms with van der Waals surface area (Å²) >= 11 is 1.85. The standard InChI is InChI=1S/C52H40OS/c1-34(35(2)27-28-41-30-40-29-38-31-47-42-19-15-16-24-49(42)54-50(47)33-39(38)32-48(40)53-41)25-26-36(3)51-43-20-11-13-22-45(43)52(46-23-14-12-21-44(46)51)37-17-9-7-5-4-6-8-10-18-37/h4-5,7-16,18-29,31-33H,1,3,6,17,30H2,2H3/b5-4-,9-7-,10-8-,26-25-,35-27+,37-18?,41-28+. The van der Waals surface area contributed by atoms with Crippen LogP contribution in [0.15, 0.2) is 194 Å². The van der Waals surface area contributed by atoms with E-state index in [4.69, 9.17) is 4.74 Å². The lowest BCUT2D eigenvalue weighted by Gasteiger charge is -2.19. The molecule has 0 saturated heterocycles. The SMILES string of the molecule is C=C(/C=C\C(=C)c1c2ccccc2c(C2=C/C=C\C/C=C\C=C/C2)c2ccccc12)/C(C)=C/C=C1\Cc2cc3cc4c(cc3cc2O1)sc1ccccc14. The van der Waals surface area contributed by atoms with Crippen molar-refractivity contribution in [3.8, 4) is 5.75 Å². The molecule has 9 rings (SSSR count). The van der Waals surface area contributed by atoms with Crippen LogP contribution < -0.4 is 4.74 Å². The Hall–Kier alpha value is -6.22. The topological polar surface area (TPSA) is 9.23 Å². The minimum atomic E-state index is 0.771. The van der Waals surface area contributed by atoms with Crippen LogP contribution in [-0.2, 0) is 6.42 Å². The first-order valence-electron chi connectivity index (χ1n) is 18.6. The molecular formula is C52H40OS. The van der Waals surface area contributed by atoms with Gasteiger partial charge in [0.25, 0.3) is 0 Å². The number of thiophene rings is 1. The molecule has 0 fully saturated rings. The van der Waals surface area contributed by atoms with Crippen molar-refractivity contribution in [3.63, 3.8) is 0 Å². The zero-order valence-electron chi connectivity index (χ0n) is 30.4. The molecule has 0 spiro atoms. The molecule has 1 aromatic heterocycles. The Kier molecular flexibility index (Phi) is 8.90. The van der Waals surface area contributed by atoms with E-state index in [0.717, 1.165) is 53.1 Å². The smallest absolute Gasteiger partial charge is 0.131 e. The highest BCUT2D eigenvalue weighted by Gasteiger charge is 2.19. The third kappa shape index (κ3) is 6.29. The molecule has 1 nitrogen and oxygen atoms in total. The monoisotopic (exact) mass is 712 g/mol. The lowest BCUT2D eigenvalue weighted by molar-refractivity contribution is 0.447. The van der Waals surface area contributed by atoms with Crippen LogP contribution in [0, 0.1) is 0 Å². The number of benzene rings is 6. The van der Waals surface area contributed by atoms with Crippen molar-refractivity contribution in [2.75, 3.05) is 0 Å². The van der Waals surface area contributed by atoms with Gasteiger partial charge in [-0.15, -0.1) is 11.3 Å². The van der Waals surface area contributed by atoms with Crippen molar-refractivity contribution in [2.24, 2.45) is 0 Å². The Bertz CT molecular complexity index is 2860. The fourth-order valence-electron chi connectivity index (χ4n) is 7.82. The maximum Gasteiger partial charge on any atom is 0.131 e. The van der Waals surface area contributed by atoms with Gasteiger partial charge >= 0.3 is 0 Å². The van der Waals surface area contributed by atoms with Gasteiger partial charge in [-0.2, -0.15) is 0 Å². The molecule has 0 radical (unpaired) electrons. The first kappa shape index (κ1) is 33.6. The molecule has 0 unspecified atom stereocenters. The fraction of sp³-hybridized carbons (Fsp3) is 0.0769. The van der Waals surface area contributed by atoms with E-state index in [9.17, 15) is 0 Å². The summed E-state index contributed by atoms with van der Waals surface area (Å²) in [7, 11) is 0. The molecule has 2 aliphatic rings. The van der Waals surface area contributed by atoms with E-state index >= 15 is 0 Å². The highest BCUT2D eigenvalue weighted by molar-refractivity contribution is 7.25. The predicted molar refractivity (Wildman–Crippen MR) is 236 cm³/mol. The van der Waals surface area contributed by atoms with Crippen LogP contribution in [0.5, 0.6) is 5.75 Å². The van der Waals surface area contributed by atoms with E-state index in [1.165, 1.54) is 69.2 Å². The first-order valence-corrected chi connectivity index (χ1v) is 19.4. The third-order valence-corrected chi connectivity index (χ3v) is 11.8. The summed E-state index contributed by atoms with van der Waals surface area (Å²) in [6, 6.07) is 35.3. The van der Waals surface area contributed by atoms with Gasteiger partial charge in [-0.3, -0.25) is 0 Å². The van der Waals surface area contributed by atoms with Crippen LogP contribution in [0.25, 0.3) is 63.6 Å². The molecule has 0 bridgehead atoms. The number of hydrogen-bond acceptors (Lipinski definition) is 2. The summed E-state index contributed by atoms with van der Waals surface area (Å²) < 4.78 is 9.01. The highest BCUT2D eigenvalue weighted by Crippen LogP contribution is 2.42. The molecule has 0 amide bonds. The zero-order chi connectivity index (χ0) is 36.6. The summed E-state index contributed by atoms with van der Waals surface area (Å²) in [5, 5.41) is 10.00. The van der Waals surface area contributed by atoms with E-state index in [-0.39, 0.29) is 0 Å². The second kappa shape index (κ2) is 14.3. The van der Waals surface area contributed by atoms with Crippen LogP contribution in [0.4, 0.5) is 0 Å². The molecule has 54 heavy (non-hydrogen) atoms. The molecule has 1 aliphatic carbocycles. The van der Waals surface area contributed by atoms with Crippen LogP contribution in [-0.4, -0.2) is 0 Å². The molecule has 6 aromatic carbocycles. The highest BCUT2D eigenvalue weighted by atomic mass is 32.1. The van der Waals surface area contributed by atoms with E-state index in [0.29, 0.717) is 0 Å². The van der Waals surface area contributed by atoms with Gasteiger partial charge in [0.15, 0.2) is 0 Å². The average Bonchev–Trinajstić information content (AvgIpc) is 3.77. The molecule has 0 N–H and O–H groups in total. The van der Waals surface area contributed by atoms with Gasteiger partial charge in [-0.25, -0.2) is 0 Å². The van der Waals surface area contributed by atoms with Crippen LogP contribution in [0.3, 0.4) is 0 Å². The van der Waals surface area contributed by atoms with Gasteiger partial charge in [0.2, 0.25) is 0 Å². The van der Waals surface area contributed by atoms with Crippen molar-refractivity contribution in [1.29, 1.82) is 0 Å². The van der Waals surface area contributed by atoms with E-state index in [1.54, 1.807) is 0 Å². The normalized spacial score (nSPS) is 17.3. The van der Waals surface area contributed by atoms with Crippen molar-refractivity contribution >= 4 is 75.0 Å². The molecule has 0 saturated carbocycles. The summed E-state index contributed by atoms with van der Waals surface area (Å²) in [6.45, 7) is 11.1. The van der Waals surface area contributed by atoms with E-state index < -0.39 is 0 Å². The maximum atomic E-state index is 6.38. The van der Waals surface area contributed by atoms with Crippen molar-refractivity contribution in [1.82, 2.24) is 0 Å². The number of hydrogen-bond donors (Lipinski definition) is 0. The Morgan fingerprint density at radius 1 is 0.685 bits per heavy atom. The van der Waals surface area contributed by atoms with Crippen molar-refractivity contribution in [3.05, 3.63) is 211 Å². The Morgan fingerprint density at radius 3 is 2.17 bits per heavy atom. The first-order chi connectivity index (χ1) is 26.5. The molecule has 0 atom stereocenters. The summed E-state index contributed by atoms with van der Waals surface area (Å²) in [6.07, 6.45) is 26.4. The number of rotatable bonds is 6. The lowest BCUT2D eigenvalue weighted by Crippen LogP contribution is -1.95. The van der Waals surface area contributed by atoms with Gasteiger partial charge < -0.3 is 4.74 Å². The van der Waals surface area contributed by atoms with Gasteiger partial charge in [0.1, 0.15) is 11.5 Å². The Morgan fingerprint density at radius 2 is 1.37 bits per heavy atom. The molecule has 2 heteroatoms. The molecule has 7 aromatic rings. The van der Waals surface area contributed by atoms with Crippen LogP contribution in [0.1, 0.15) is 36.5 Å². The molecular weight excluding hydrogens is 673 g/mol. The third-order valence-electron chi connectivity index (χ3n) is 10.6. The fourth-order valence-corrected chi connectivity index (χ4v) is 8.96. The van der Waals surface area contributed by atoms with Crippen molar-refractivity contribution in [2.45, 2.75) is 26.2 Å². The summed E-state index contributed by atoms with van der Waals surface area (Å²) in [5.41, 5.74) is 7.94. The lowest BCUT2D eigenvalue weighted by atomic mass is 9.85. The van der Waals surface area contributed by atoms with Gasteiger partial charge in [0.05, 0.1) is 0 Å². The quantitative estimate of drug-likeness (QED) is 0.123. The van der Waals surface area contributed by atoms with E-state index in [2.05, 4.69) is 184 Å². The number of ether oxygens (including phenoxy) is 1. The summed E-state index contributed by atoms with van der Waals surface area (Å²) in [4.78, 5) is 0. The largest absolute Gasteiger partial charge is 0.461 e. The van der Waals surface area contributed by atoms with Crippen LogP contribution in [0.2, 0.25) is 0 Å². The Labute approximate surface area is 320 Å². The minimum absolute atomic E-state index is 0.771. The Balaban J connectivity index is 0.978. The number of allylic oxidation sites excluding steroid dienone is 16. The number of fused-ring (bicyclic) bond motifs is 7. The molecule has 2 heterocycles.